The Balaban J connectivity index is 1.36. The highest BCUT2D eigenvalue weighted by molar-refractivity contribution is 6.30. The molecule has 0 radical (unpaired) electrons. The Bertz CT molecular complexity index is 1090. The Morgan fingerprint density at radius 3 is 2.87 bits per heavy atom. The fourth-order valence-corrected chi connectivity index (χ4v) is 3.71. The van der Waals surface area contributed by atoms with Crippen LogP contribution in [0.4, 0.5) is 11.4 Å². The number of aromatic nitrogens is 2. The van der Waals surface area contributed by atoms with Crippen molar-refractivity contribution in [3.05, 3.63) is 69.6 Å². The van der Waals surface area contributed by atoms with Crippen LogP contribution in [-0.2, 0) is 11.3 Å². The predicted molar refractivity (Wildman–Crippen MR) is 114 cm³/mol. The zero-order chi connectivity index (χ0) is 21.8. The minimum Gasteiger partial charge on any atom is -0.338 e. The Morgan fingerprint density at radius 1 is 1.29 bits per heavy atom. The zero-order valence-corrected chi connectivity index (χ0v) is 17.3. The van der Waals surface area contributed by atoms with E-state index in [2.05, 4.69) is 20.4 Å². The summed E-state index contributed by atoms with van der Waals surface area (Å²) in [7, 11) is 0. The van der Waals surface area contributed by atoms with Crippen molar-refractivity contribution < 1.29 is 14.2 Å². The molecule has 160 valence electrons. The minimum absolute atomic E-state index is 0.0593. The number of non-ortho nitro benzene ring substituents is 1. The molecule has 2 aromatic carbocycles. The van der Waals surface area contributed by atoms with Gasteiger partial charge in [-0.1, -0.05) is 22.8 Å². The van der Waals surface area contributed by atoms with Crippen molar-refractivity contribution in [1.82, 2.24) is 15.0 Å². The number of likely N-dealkylation sites (tertiary alicyclic amines) is 1. The number of carbonyl (C=O) groups is 1. The molecular weight excluding hydrogens is 422 g/mol. The van der Waals surface area contributed by atoms with Crippen molar-refractivity contribution in [2.75, 3.05) is 18.4 Å². The number of nitro benzene ring substituents is 1. The summed E-state index contributed by atoms with van der Waals surface area (Å²) in [6.07, 6.45) is 1.60. The molecule has 1 saturated heterocycles. The summed E-state index contributed by atoms with van der Waals surface area (Å²) in [5, 5.41) is 18.4. The molecule has 9 nitrogen and oxygen atoms in total. The smallest absolute Gasteiger partial charge is 0.271 e. The fraction of sp³-hybridized carbons (Fsp3) is 0.286. The summed E-state index contributed by atoms with van der Waals surface area (Å²) in [6.45, 7) is 1.81. The molecule has 2 heterocycles. The van der Waals surface area contributed by atoms with Gasteiger partial charge in [0.05, 0.1) is 17.4 Å². The van der Waals surface area contributed by atoms with Crippen LogP contribution in [0.3, 0.4) is 0 Å². The number of nitrogens with zero attached hydrogens (tertiary/aromatic N) is 4. The molecule has 4 rings (SSSR count). The van der Waals surface area contributed by atoms with Crippen LogP contribution >= 0.6 is 11.6 Å². The molecule has 1 atom stereocenters. The number of carbonyl (C=O) groups excluding carboxylic acids is 1. The molecule has 0 aliphatic carbocycles. The van der Waals surface area contributed by atoms with Gasteiger partial charge >= 0.3 is 0 Å². The summed E-state index contributed by atoms with van der Waals surface area (Å²) >= 11 is 5.91. The first kappa shape index (κ1) is 21.0. The van der Waals surface area contributed by atoms with Crippen molar-refractivity contribution in [1.29, 1.82) is 0 Å². The first-order valence-electron chi connectivity index (χ1n) is 9.84. The first-order chi connectivity index (χ1) is 15.0. The van der Waals surface area contributed by atoms with Crippen molar-refractivity contribution >= 4 is 28.9 Å². The van der Waals surface area contributed by atoms with E-state index in [4.69, 9.17) is 16.1 Å². The van der Waals surface area contributed by atoms with E-state index in [1.54, 1.807) is 24.3 Å². The number of nitrogens with one attached hydrogen (secondary N) is 1. The van der Waals surface area contributed by atoms with Crippen LogP contribution in [0.15, 0.2) is 53.1 Å². The third-order valence-corrected chi connectivity index (χ3v) is 5.38. The maximum Gasteiger partial charge on any atom is 0.271 e. The van der Waals surface area contributed by atoms with Crippen molar-refractivity contribution in [2.45, 2.75) is 19.4 Å². The van der Waals surface area contributed by atoms with Crippen LogP contribution in [0.25, 0.3) is 11.4 Å². The summed E-state index contributed by atoms with van der Waals surface area (Å²) in [5.74, 6) is 0.581. The van der Waals surface area contributed by atoms with E-state index >= 15 is 0 Å². The third kappa shape index (κ3) is 5.25. The SMILES string of the molecule is O=C(Nc1cccc([N+](=O)[O-])c1)C1CCCN(Cc2nc(-c3ccc(Cl)cc3)no2)C1. The van der Waals surface area contributed by atoms with E-state index in [1.807, 2.05) is 12.1 Å². The van der Waals surface area contributed by atoms with Gasteiger partial charge in [-0.05, 0) is 49.7 Å². The molecule has 1 aliphatic heterocycles. The molecule has 1 N–H and O–H groups in total. The minimum atomic E-state index is -0.485. The Labute approximate surface area is 183 Å². The van der Waals surface area contributed by atoms with Crippen LogP contribution in [0.2, 0.25) is 5.02 Å². The highest BCUT2D eigenvalue weighted by atomic mass is 35.5. The van der Waals surface area contributed by atoms with Crippen molar-refractivity contribution in [3.63, 3.8) is 0 Å². The number of halogens is 1. The standard InChI is InChI=1S/C21H20ClN5O4/c22-16-8-6-14(7-9-16)20-24-19(31-25-20)13-26-10-2-3-15(12-26)21(28)23-17-4-1-5-18(11-17)27(29)30/h1,4-9,11,15H,2-3,10,12-13H2,(H,23,28). The van der Waals surface area contributed by atoms with E-state index < -0.39 is 4.92 Å². The lowest BCUT2D eigenvalue weighted by atomic mass is 9.97. The number of rotatable bonds is 6. The Morgan fingerprint density at radius 2 is 2.10 bits per heavy atom. The number of nitro groups is 1. The van der Waals surface area contributed by atoms with Gasteiger partial charge in [-0.3, -0.25) is 19.8 Å². The molecule has 0 bridgehead atoms. The van der Waals surface area contributed by atoms with Crippen LogP contribution in [0, 0.1) is 16.0 Å². The summed E-state index contributed by atoms with van der Waals surface area (Å²) in [4.78, 5) is 29.7. The normalized spacial score (nSPS) is 16.7. The van der Waals surface area contributed by atoms with Gasteiger partial charge in [0.25, 0.3) is 5.69 Å². The molecule has 0 saturated carbocycles. The molecule has 1 fully saturated rings. The molecular formula is C21H20ClN5O4. The predicted octanol–water partition coefficient (Wildman–Crippen LogP) is 4.15. The maximum absolute atomic E-state index is 12.7. The topological polar surface area (TPSA) is 114 Å². The fourth-order valence-electron chi connectivity index (χ4n) is 3.58. The van der Waals surface area contributed by atoms with E-state index in [-0.39, 0.29) is 17.5 Å². The van der Waals surface area contributed by atoms with Gasteiger partial charge in [0.2, 0.25) is 17.6 Å². The molecule has 1 aliphatic rings. The number of hydrogen-bond donors (Lipinski definition) is 1. The second-order valence-electron chi connectivity index (χ2n) is 7.39. The van der Waals surface area contributed by atoms with E-state index in [9.17, 15) is 14.9 Å². The monoisotopic (exact) mass is 441 g/mol. The second kappa shape index (κ2) is 9.23. The number of piperidine rings is 1. The number of benzene rings is 2. The second-order valence-corrected chi connectivity index (χ2v) is 7.83. The average Bonchev–Trinajstić information content (AvgIpc) is 3.23. The Kier molecular flexibility index (Phi) is 6.24. The highest BCUT2D eigenvalue weighted by Gasteiger charge is 2.27. The van der Waals surface area contributed by atoms with Gasteiger partial charge in [0.15, 0.2) is 0 Å². The highest BCUT2D eigenvalue weighted by Crippen LogP contribution is 2.23. The molecule has 3 aromatic rings. The van der Waals surface area contributed by atoms with Crippen molar-refractivity contribution in [2.24, 2.45) is 5.92 Å². The lowest BCUT2D eigenvalue weighted by Crippen LogP contribution is -2.40. The van der Waals surface area contributed by atoms with Crippen molar-refractivity contribution in [3.8, 4) is 11.4 Å². The molecule has 0 spiro atoms. The molecule has 31 heavy (non-hydrogen) atoms. The van der Waals surface area contributed by atoms with E-state index in [0.717, 1.165) is 24.9 Å². The van der Waals surface area contributed by atoms with Crippen LogP contribution in [0.1, 0.15) is 18.7 Å². The number of hydrogen-bond acceptors (Lipinski definition) is 7. The number of amides is 1. The largest absolute Gasteiger partial charge is 0.338 e. The Hall–Kier alpha value is -3.30. The summed E-state index contributed by atoms with van der Waals surface area (Å²) in [6, 6.07) is 13.1. The first-order valence-corrected chi connectivity index (χ1v) is 10.2. The quantitative estimate of drug-likeness (QED) is 0.451. The van der Waals surface area contributed by atoms with E-state index in [0.29, 0.717) is 35.5 Å². The van der Waals surface area contributed by atoms with Crippen LogP contribution < -0.4 is 5.32 Å². The van der Waals surface area contributed by atoms with Crippen LogP contribution in [0.5, 0.6) is 0 Å². The van der Waals surface area contributed by atoms with Gasteiger partial charge in [0.1, 0.15) is 0 Å². The maximum atomic E-state index is 12.7. The zero-order valence-electron chi connectivity index (χ0n) is 16.5. The van der Waals surface area contributed by atoms with Gasteiger partial charge in [-0.25, -0.2) is 0 Å². The van der Waals surface area contributed by atoms with E-state index in [1.165, 1.54) is 12.1 Å². The van der Waals surface area contributed by atoms with Crippen LogP contribution in [-0.4, -0.2) is 39.0 Å². The summed E-state index contributed by atoms with van der Waals surface area (Å²) in [5.41, 5.74) is 1.17. The summed E-state index contributed by atoms with van der Waals surface area (Å²) < 4.78 is 5.38. The lowest BCUT2D eigenvalue weighted by molar-refractivity contribution is -0.384. The molecule has 1 amide bonds. The van der Waals surface area contributed by atoms with Gasteiger partial charge in [-0.2, -0.15) is 4.98 Å². The van der Waals surface area contributed by atoms with Gasteiger partial charge in [0, 0.05) is 35.0 Å². The molecule has 10 heteroatoms. The lowest BCUT2D eigenvalue weighted by Gasteiger charge is -2.30. The third-order valence-electron chi connectivity index (χ3n) is 5.13. The average molecular weight is 442 g/mol. The van der Waals surface area contributed by atoms with Gasteiger partial charge < -0.3 is 9.84 Å². The van der Waals surface area contributed by atoms with Gasteiger partial charge in [-0.15, -0.1) is 0 Å². The molecule has 1 aromatic heterocycles. The number of anilines is 1. The molecule has 1 unspecified atom stereocenters.